The Bertz CT molecular complexity index is 867. The zero-order valence-corrected chi connectivity index (χ0v) is 16.5. The lowest BCUT2D eigenvalue weighted by molar-refractivity contribution is -0.134. The third-order valence-electron chi connectivity index (χ3n) is 5.02. The van der Waals surface area contributed by atoms with Crippen molar-refractivity contribution in [2.45, 2.75) is 38.6 Å². The Kier molecular flexibility index (Phi) is 6.02. The lowest BCUT2D eigenvalue weighted by Gasteiger charge is -2.35. The number of halogens is 1. The fourth-order valence-electron chi connectivity index (χ4n) is 3.47. The zero-order valence-electron chi connectivity index (χ0n) is 16.5. The van der Waals surface area contributed by atoms with Crippen LogP contribution in [0.2, 0.25) is 0 Å². The van der Waals surface area contributed by atoms with Gasteiger partial charge in [-0.15, -0.1) is 0 Å². The van der Waals surface area contributed by atoms with E-state index >= 15 is 0 Å². The molecular formula is C21H25FN4O2. The first-order valence-corrected chi connectivity index (χ1v) is 9.46. The van der Waals surface area contributed by atoms with Crippen LogP contribution >= 0.6 is 0 Å². The summed E-state index contributed by atoms with van der Waals surface area (Å²) in [4.78, 5) is 37.4. The topological polar surface area (TPSA) is 66.4 Å². The van der Waals surface area contributed by atoms with E-state index in [1.165, 1.54) is 17.0 Å². The van der Waals surface area contributed by atoms with Crippen LogP contribution in [-0.2, 0) is 11.2 Å². The highest BCUT2D eigenvalue weighted by Gasteiger charge is 2.30. The van der Waals surface area contributed by atoms with Crippen LogP contribution in [-0.4, -0.2) is 52.2 Å². The van der Waals surface area contributed by atoms with Gasteiger partial charge in [-0.3, -0.25) is 9.59 Å². The number of amides is 2. The quantitative estimate of drug-likeness (QED) is 0.813. The Morgan fingerprint density at radius 1 is 1.21 bits per heavy atom. The molecule has 0 saturated carbocycles. The van der Waals surface area contributed by atoms with Gasteiger partial charge in [0, 0.05) is 26.8 Å². The highest BCUT2D eigenvalue weighted by atomic mass is 19.1. The van der Waals surface area contributed by atoms with Crippen molar-refractivity contribution < 1.29 is 14.0 Å². The van der Waals surface area contributed by atoms with Gasteiger partial charge in [-0.2, -0.15) is 0 Å². The van der Waals surface area contributed by atoms with Gasteiger partial charge in [-0.25, -0.2) is 14.4 Å². The Labute approximate surface area is 164 Å². The molecule has 0 bridgehead atoms. The third-order valence-corrected chi connectivity index (χ3v) is 5.02. The molecular weight excluding hydrogens is 359 g/mol. The molecule has 148 valence electrons. The van der Waals surface area contributed by atoms with E-state index in [4.69, 9.17) is 0 Å². The molecule has 7 heteroatoms. The maximum absolute atomic E-state index is 13.1. The largest absolute Gasteiger partial charge is 0.345 e. The maximum Gasteiger partial charge on any atom is 0.256 e. The second-order valence-corrected chi connectivity index (χ2v) is 7.33. The maximum atomic E-state index is 13.1. The predicted molar refractivity (Wildman–Crippen MR) is 103 cm³/mol. The van der Waals surface area contributed by atoms with Crippen molar-refractivity contribution in [3.05, 3.63) is 58.9 Å². The van der Waals surface area contributed by atoms with E-state index in [0.717, 1.165) is 24.8 Å². The van der Waals surface area contributed by atoms with E-state index in [2.05, 4.69) is 9.97 Å². The zero-order chi connectivity index (χ0) is 20.3. The summed E-state index contributed by atoms with van der Waals surface area (Å²) in [5.74, 6) is 0.0891. The van der Waals surface area contributed by atoms with Crippen LogP contribution in [0, 0.1) is 12.7 Å². The summed E-state index contributed by atoms with van der Waals surface area (Å²) in [5, 5.41) is 0. The first-order valence-electron chi connectivity index (χ1n) is 9.46. The summed E-state index contributed by atoms with van der Waals surface area (Å²) in [5.41, 5.74) is 1.86. The van der Waals surface area contributed by atoms with Gasteiger partial charge in [-0.05, 0) is 43.9 Å². The van der Waals surface area contributed by atoms with E-state index in [1.54, 1.807) is 39.3 Å². The van der Waals surface area contributed by atoms with Gasteiger partial charge in [0.2, 0.25) is 5.91 Å². The number of benzene rings is 1. The van der Waals surface area contributed by atoms with Crippen LogP contribution in [0.25, 0.3) is 0 Å². The number of aryl methyl sites for hydroxylation is 1. The highest BCUT2D eigenvalue weighted by Crippen LogP contribution is 2.30. The van der Waals surface area contributed by atoms with Crippen molar-refractivity contribution in [3.63, 3.8) is 0 Å². The van der Waals surface area contributed by atoms with Gasteiger partial charge in [0.05, 0.1) is 23.7 Å². The normalized spacial score (nSPS) is 16.7. The molecule has 3 rings (SSSR count). The van der Waals surface area contributed by atoms with Crippen molar-refractivity contribution in [1.29, 1.82) is 0 Å². The molecule has 1 aliphatic rings. The summed E-state index contributed by atoms with van der Waals surface area (Å²) in [6.45, 7) is 2.43. The van der Waals surface area contributed by atoms with Gasteiger partial charge >= 0.3 is 0 Å². The molecule has 1 aliphatic heterocycles. The Balaban J connectivity index is 1.81. The van der Waals surface area contributed by atoms with Crippen molar-refractivity contribution in [2.24, 2.45) is 0 Å². The Hall–Kier alpha value is -2.83. The number of piperidine rings is 1. The lowest BCUT2D eigenvalue weighted by atomic mass is 9.99. The summed E-state index contributed by atoms with van der Waals surface area (Å²) < 4.78 is 13.1. The Morgan fingerprint density at radius 3 is 2.57 bits per heavy atom. The van der Waals surface area contributed by atoms with Gasteiger partial charge < -0.3 is 9.80 Å². The second kappa shape index (κ2) is 8.46. The van der Waals surface area contributed by atoms with Gasteiger partial charge in [0.15, 0.2) is 5.82 Å². The lowest BCUT2D eigenvalue weighted by Crippen LogP contribution is -2.40. The van der Waals surface area contributed by atoms with Crippen LogP contribution in [0.1, 0.15) is 52.7 Å². The average molecular weight is 384 g/mol. The van der Waals surface area contributed by atoms with E-state index < -0.39 is 0 Å². The van der Waals surface area contributed by atoms with Crippen molar-refractivity contribution in [2.75, 3.05) is 20.6 Å². The van der Waals surface area contributed by atoms with Gasteiger partial charge in [0.25, 0.3) is 5.91 Å². The van der Waals surface area contributed by atoms with E-state index in [-0.39, 0.29) is 30.1 Å². The number of nitrogens with zero attached hydrogens (tertiary/aromatic N) is 4. The monoisotopic (exact) mass is 384 g/mol. The van der Waals surface area contributed by atoms with E-state index in [9.17, 15) is 14.0 Å². The average Bonchev–Trinajstić information content (AvgIpc) is 2.69. The molecule has 1 unspecified atom stereocenters. The van der Waals surface area contributed by atoms with Gasteiger partial charge in [0.1, 0.15) is 5.82 Å². The predicted octanol–water partition coefficient (Wildman–Crippen LogP) is 2.92. The summed E-state index contributed by atoms with van der Waals surface area (Å²) >= 11 is 0. The van der Waals surface area contributed by atoms with Crippen molar-refractivity contribution in [3.8, 4) is 0 Å². The molecule has 28 heavy (non-hydrogen) atoms. The van der Waals surface area contributed by atoms with Crippen LogP contribution in [0.5, 0.6) is 0 Å². The Morgan fingerprint density at radius 2 is 1.93 bits per heavy atom. The van der Waals surface area contributed by atoms with Crippen molar-refractivity contribution >= 4 is 11.8 Å². The highest BCUT2D eigenvalue weighted by molar-refractivity contribution is 5.94. The second-order valence-electron chi connectivity index (χ2n) is 7.33. The summed E-state index contributed by atoms with van der Waals surface area (Å²) in [7, 11) is 3.37. The van der Waals surface area contributed by atoms with Crippen LogP contribution in [0.4, 0.5) is 4.39 Å². The molecule has 0 radical (unpaired) electrons. The molecule has 1 atom stereocenters. The first kappa shape index (κ1) is 19.9. The number of carbonyl (C=O) groups excluding carboxylic acids is 2. The van der Waals surface area contributed by atoms with Crippen molar-refractivity contribution in [1.82, 2.24) is 19.8 Å². The number of likely N-dealkylation sites (tertiary alicyclic amines) is 1. The molecule has 2 heterocycles. The smallest absolute Gasteiger partial charge is 0.256 e. The summed E-state index contributed by atoms with van der Waals surface area (Å²) in [6, 6.07) is 5.79. The molecule has 0 spiro atoms. The van der Waals surface area contributed by atoms with E-state index in [1.807, 2.05) is 4.90 Å². The molecule has 6 nitrogen and oxygen atoms in total. The molecule has 2 amide bonds. The number of carbonyl (C=O) groups is 2. The molecule has 0 aliphatic carbocycles. The number of aromatic nitrogens is 2. The van der Waals surface area contributed by atoms with Crippen LogP contribution < -0.4 is 0 Å². The fourth-order valence-corrected chi connectivity index (χ4v) is 3.47. The number of hydrogen-bond acceptors (Lipinski definition) is 4. The third kappa shape index (κ3) is 4.35. The molecule has 1 saturated heterocycles. The van der Waals surface area contributed by atoms with E-state index in [0.29, 0.717) is 23.6 Å². The molecule has 1 aromatic carbocycles. The standard InChI is InChI=1S/C21H25FN4O2/c1-14-17(21(28)25(2)3)13-23-20(24-14)18-6-4-5-11-26(18)19(27)12-15-7-9-16(22)10-8-15/h7-10,13,18H,4-6,11-12H2,1-3H3. The fraction of sp³-hybridized carbons (Fsp3) is 0.429. The molecule has 2 aromatic rings. The number of hydrogen-bond donors (Lipinski definition) is 0. The first-order chi connectivity index (χ1) is 13.4. The van der Waals surface area contributed by atoms with Gasteiger partial charge in [-0.1, -0.05) is 12.1 Å². The minimum atomic E-state index is -0.316. The molecule has 0 N–H and O–H groups in total. The van der Waals surface area contributed by atoms with Crippen LogP contribution in [0.3, 0.4) is 0 Å². The molecule has 1 aromatic heterocycles. The minimum absolute atomic E-state index is 0.0222. The van der Waals surface area contributed by atoms with Crippen LogP contribution in [0.15, 0.2) is 30.5 Å². The SMILES string of the molecule is Cc1nc(C2CCCCN2C(=O)Cc2ccc(F)cc2)ncc1C(=O)N(C)C. The molecule has 1 fully saturated rings. The summed E-state index contributed by atoms with van der Waals surface area (Å²) in [6.07, 6.45) is 4.48. The minimum Gasteiger partial charge on any atom is -0.345 e. The number of rotatable bonds is 4.